The van der Waals surface area contributed by atoms with Crippen LogP contribution in [0.5, 0.6) is 0 Å². The van der Waals surface area contributed by atoms with Crippen molar-refractivity contribution in [3.8, 4) is 6.07 Å². The molecule has 2 aromatic heterocycles. The molecule has 4 aliphatic rings. The predicted octanol–water partition coefficient (Wildman–Crippen LogP) is 3.39. The zero-order chi connectivity index (χ0) is 25.3. The maximum Gasteiger partial charge on any atom is 0.273 e. The van der Waals surface area contributed by atoms with Gasteiger partial charge in [0.15, 0.2) is 5.69 Å². The highest BCUT2D eigenvalue weighted by Crippen LogP contribution is 2.47. The van der Waals surface area contributed by atoms with Gasteiger partial charge in [-0.2, -0.15) is 5.26 Å². The Hall–Kier alpha value is -3.77. The summed E-state index contributed by atoms with van der Waals surface area (Å²) >= 11 is 6.12. The van der Waals surface area contributed by atoms with Crippen LogP contribution in [0.3, 0.4) is 0 Å². The molecule has 3 atom stereocenters. The van der Waals surface area contributed by atoms with Crippen molar-refractivity contribution >= 4 is 29.2 Å². The van der Waals surface area contributed by atoms with E-state index in [0.29, 0.717) is 16.5 Å². The zero-order valence-corrected chi connectivity index (χ0v) is 20.7. The van der Waals surface area contributed by atoms with Crippen molar-refractivity contribution in [2.24, 2.45) is 11.8 Å². The Kier molecular flexibility index (Phi) is 5.08. The second-order valence-corrected chi connectivity index (χ2v) is 11.0. The summed E-state index contributed by atoms with van der Waals surface area (Å²) in [6, 6.07) is 9.55. The number of nitriles is 1. The molecule has 1 unspecified atom stereocenters. The highest BCUT2D eigenvalue weighted by atomic mass is 35.5. The lowest BCUT2D eigenvalue weighted by atomic mass is 9.74. The number of hydrogen-bond acceptors (Lipinski definition) is 6. The maximum atomic E-state index is 12.8. The fraction of sp³-hybridized carbons (Fsp3) is 0.407. The first-order chi connectivity index (χ1) is 18.0. The van der Waals surface area contributed by atoms with E-state index in [2.05, 4.69) is 26.7 Å². The van der Waals surface area contributed by atoms with Crippen LogP contribution in [-0.4, -0.2) is 44.4 Å². The van der Waals surface area contributed by atoms with E-state index in [0.717, 1.165) is 55.6 Å². The van der Waals surface area contributed by atoms with Gasteiger partial charge < -0.3 is 5.32 Å². The molecular weight excluding hydrogens is 490 g/mol. The molecule has 37 heavy (non-hydrogen) atoms. The number of fused-ring (bicyclic) bond motifs is 2. The quantitative estimate of drug-likeness (QED) is 0.559. The number of carbonyl (C=O) groups is 2. The number of halogens is 1. The number of nitrogens with one attached hydrogen (secondary N) is 1. The Bertz CT molecular complexity index is 1490. The molecule has 10 heteroatoms. The molecule has 0 radical (unpaired) electrons. The van der Waals surface area contributed by atoms with E-state index in [1.54, 1.807) is 23.0 Å². The molecule has 7 rings (SSSR count). The number of aryl methyl sites for hydroxylation is 1. The molecule has 1 N–H and O–H groups in total. The molecule has 3 heterocycles. The lowest BCUT2D eigenvalue weighted by Gasteiger charge is -2.36. The minimum absolute atomic E-state index is 0.0161. The second kappa shape index (κ2) is 8.38. The Morgan fingerprint density at radius 3 is 2.84 bits per heavy atom. The number of anilines is 1. The maximum absolute atomic E-state index is 12.8. The Balaban J connectivity index is 0.998. The third-order valence-corrected chi connectivity index (χ3v) is 8.60. The van der Waals surface area contributed by atoms with Crippen LogP contribution in [0, 0.1) is 23.2 Å². The monoisotopic (exact) mass is 513 g/mol. The molecule has 3 aromatic rings. The van der Waals surface area contributed by atoms with Crippen LogP contribution in [0.2, 0.25) is 5.02 Å². The summed E-state index contributed by atoms with van der Waals surface area (Å²) in [5.41, 5.74) is 4.08. The number of amides is 2. The molecular formula is C27H24ClN7O2. The molecule has 0 spiro atoms. The van der Waals surface area contributed by atoms with Crippen molar-refractivity contribution < 1.29 is 9.59 Å². The largest absolute Gasteiger partial charge is 0.348 e. The van der Waals surface area contributed by atoms with Gasteiger partial charge in [-0.15, -0.1) is 5.10 Å². The van der Waals surface area contributed by atoms with E-state index in [9.17, 15) is 14.9 Å². The number of hydrogen-bond donors (Lipinski definition) is 1. The van der Waals surface area contributed by atoms with Crippen LogP contribution in [0.25, 0.3) is 0 Å². The minimum Gasteiger partial charge on any atom is -0.348 e. The number of carbonyl (C=O) groups excluding carboxylic acids is 2. The molecule has 1 aromatic carbocycles. The van der Waals surface area contributed by atoms with E-state index in [1.807, 2.05) is 23.2 Å². The minimum atomic E-state index is -0.251. The molecule has 186 valence electrons. The standard InChI is InChI=1S/C27H24ClN7O2/c28-18-3-1-15(10-29)20(9-18)16-5-19(6-16)31-26(36)23-13-35(33-32-23)24-4-2-14-8-25(30-11-22(14)24)34-12-17-7-21(17)27(34)37/h1,3,8-9,11,13,16-17,19,21,24H,2,4-7,12H2,(H,31,36)/t16?,17-,19?,21-,24?/m1/s1. The first kappa shape index (κ1) is 22.4. The van der Waals surface area contributed by atoms with Crippen LogP contribution < -0.4 is 10.2 Å². The molecule has 0 bridgehead atoms. The summed E-state index contributed by atoms with van der Waals surface area (Å²) in [6.07, 6.45) is 7.77. The molecule has 3 aliphatic carbocycles. The summed E-state index contributed by atoms with van der Waals surface area (Å²) in [7, 11) is 0. The normalized spacial score (nSPS) is 27.3. The first-order valence-corrected chi connectivity index (χ1v) is 13.1. The molecule has 3 fully saturated rings. The second-order valence-electron chi connectivity index (χ2n) is 10.6. The number of aromatic nitrogens is 4. The van der Waals surface area contributed by atoms with Gasteiger partial charge in [0.05, 0.1) is 23.9 Å². The molecule has 1 saturated heterocycles. The van der Waals surface area contributed by atoms with Gasteiger partial charge in [0.2, 0.25) is 5.91 Å². The van der Waals surface area contributed by atoms with Gasteiger partial charge in [-0.25, -0.2) is 9.67 Å². The van der Waals surface area contributed by atoms with Crippen LogP contribution in [0.15, 0.2) is 36.7 Å². The van der Waals surface area contributed by atoms with Crippen molar-refractivity contribution in [3.05, 3.63) is 69.6 Å². The fourth-order valence-electron chi connectivity index (χ4n) is 6.12. The van der Waals surface area contributed by atoms with Crippen LogP contribution in [0.1, 0.15) is 70.4 Å². The summed E-state index contributed by atoms with van der Waals surface area (Å²) in [5.74, 6) is 1.61. The average Bonchev–Trinajstić information content (AvgIpc) is 3.18. The van der Waals surface area contributed by atoms with Gasteiger partial charge in [-0.05, 0) is 84.9 Å². The van der Waals surface area contributed by atoms with Gasteiger partial charge in [0.25, 0.3) is 5.91 Å². The van der Waals surface area contributed by atoms with E-state index in [1.165, 1.54) is 5.56 Å². The van der Waals surface area contributed by atoms with Crippen molar-refractivity contribution in [2.45, 2.75) is 50.1 Å². The first-order valence-electron chi connectivity index (χ1n) is 12.7. The van der Waals surface area contributed by atoms with Crippen molar-refractivity contribution in [1.82, 2.24) is 25.3 Å². The summed E-state index contributed by atoms with van der Waals surface area (Å²) in [5, 5.41) is 21.4. The van der Waals surface area contributed by atoms with Crippen molar-refractivity contribution in [3.63, 3.8) is 0 Å². The van der Waals surface area contributed by atoms with Crippen molar-refractivity contribution in [2.75, 3.05) is 11.4 Å². The number of pyridine rings is 1. The number of piperidine rings is 1. The smallest absolute Gasteiger partial charge is 0.273 e. The summed E-state index contributed by atoms with van der Waals surface area (Å²) < 4.78 is 1.74. The van der Waals surface area contributed by atoms with E-state index >= 15 is 0 Å². The fourth-order valence-corrected chi connectivity index (χ4v) is 6.30. The van der Waals surface area contributed by atoms with E-state index < -0.39 is 0 Å². The number of nitrogens with zero attached hydrogens (tertiary/aromatic N) is 6. The van der Waals surface area contributed by atoms with Crippen LogP contribution in [-0.2, 0) is 11.2 Å². The van der Waals surface area contributed by atoms with E-state index in [-0.39, 0.29) is 41.4 Å². The molecule has 2 amide bonds. The van der Waals surface area contributed by atoms with Crippen molar-refractivity contribution in [1.29, 1.82) is 5.26 Å². The van der Waals surface area contributed by atoms with Gasteiger partial charge >= 0.3 is 0 Å². The number of benzene rings is 1. The highest BCUT2D eigenvalue weighted by Gasteiger charge is 2.53. The van der Waals surface area contributed by atoms with Gasteiger partial charge in [0.1, 0.15) is 5.82 Å². The lowest BCUT2D eigenvalue weighted by Crippen LogP contribution is -2.43. The summed E-state index contributed by atoms with van der Waals surface area (Å²) in [4.78, 5) is 31.7. The molecule has 2 saturated carbocycles. The van der Waals surface area contributed by atoms with Gasteiger partial charge in [-0.1, -0.05) is 16.8 Å². The molecule has 1 aliphatic heterocycles. The van der Waals surface area contributed by atoms with Crippen LogP contribution >= 0.6 is 11.6 Å². The highest BCUT2D eigenvalue weighted by molar-refractivity contribution is 6.30. The third kappa shape index (κ3) is 3.78. The van der Waals surface area contributed by atoms with Gasteiger partial charge in [-0.3, -0.25) is 14.5 Å². The molecule has 9 nitrogen and oxygen atoms in total. The van der Waals surface area contributed by atoms with E-state index in [4.69, 9.17) is 11.6 Å². The SMILES string of the molecule is N#Cc1ccc(Cl)cc1C1CC(NC(=O)c2cn(C3CCc4cc(N5C[C@H]6C[C@H]6C5=O)ncc43)nn2)C1. The Morgan fingerprint density at radius 1 is 1.19 bits per heavy atom. The summed E-state index contributed by atoms with van der Waals surface area (Å²) in [6.45, 7) is 0.778. The Labute approximate surface area is 218 Å². The topological polar surface area (TPSA) is 117 Å². The van der Waals surface area contributed by atoms with Gasteiger partial charge in [0, 0.05) is 29.7 Å². The predicted molar refractivity (Wildman–Crippen MR) is 134 cm³/mol. The zero-order valence-electron chi connectivity index (χ0n) is 20.0. The van der Waals surface area contributed by atoms with Crippen LogP contribution in [0.4, 0.5) is 5.82 Å². The lowest BCUT2D eigenvalue weighted by molar-refractivity contribution is -0.118. The number of rotatable bonds is 5. The Morgan fingerprint density at radius 2 is 2.05 bits per heavy atom. The average molecular weight is 514 g/mol. The third-order valence-electron chi connectivity index (χ3n) is 8.37.